The SMILES string of the molecule is CC(C)(C)NCc1ccc(COCC2CCCO2)s1. The minimum Gasteiger partial charge on any atom is -0.376 e. The van der Waals surface area contributed by atoms with E-state index in [1.54, 1.807) is 0 Å². The predicted molar refractivity (Wildman–Crippen MR) is 79.5 cm³/mol. The molecule has 0 amide bonds. The van der Waals surface area contributed by atoms with Crippen LogP contribution in [0.2, 0.25) is 0 Å². The summed E-state index contributed by atoms with van der Waals surface area (Å²) < 4.78 is 11.3. The van der Waals surface area contributed by atoms with E-state index >= 15 is 0 Å². The van der Waals surface area contributed by atoms with E-state index in [2.05, 4.69) is 38.2 Å². The zero-order valence-electron chi connectivity index (χ0n) is 12.2. The van der Waals surface area contributed by atoms with Crippen molar-refractivity contribution in [2.24, 2.45) is 0 Å². The Balaban J connectivity index is 1.68. The highest BCUT2D eigenvalue weighted by atomic mass is 32.1. The van der Waals surface area contributed by atoms with E-state index in [9.17, 15) is 0 Å². The lowest BCUT2D eigenvalue weighted by Crippen LogP contribution is -2.34. The quantitative estimate of drug-likeness (QED) is 0.868. The average molecular weight is 283 g/mol. The zero-order valence-corrected chi connectivity index (χ0v) is 13.0. The molecule has 1 N–H and O–H groups in total. The number of nitrogens with one attached hydrogen (secondary N) is 1. The Bertz CT molecular complexity index is 378. The van der Waals surface area contributed by atoms with Gasteiger partial charge in [0.05, 0.1) is 19.3 Å². The Morgan fingerprint density at radius 2 is 2.16 bits per heavy atom. The van der Waals surface area contributed by atoms with Crippen LogP contribution in [0, 0.1) is 0 Å². The third-order valence-corrected chi connectivity index (χ3v) is 4.14. The highest BCUT2D eigenvalue weighted by Gasteiger charge is 2.15. The lowest BCUT2D eigenvalue weighted by atomic mass is 10.1. The summed E-state index contributed by atoms with van der Waals surface area (Å²) in [7, 11) is 0. The lowest BCUT2D eigenvalue weighted by molar-refractivity contribution is 0.0114. The molecule has 19 heavy (non-hydrogen) atoms. The van der Waals surface area contributed by atoms with Crippen LogP contribution in [-0.4, -0.2) is 24.9 Å². The number of ether oxygens (including phenoxy) is 2. The third kappa shape index (κ3) is 5.61. The molecular weight excluding hydrogens is 258 g/mol. The number of thiophene rings is 1. The van der Waals surface area contributed by atoms with Gasteiger partial charge in [0.1, 0.15) is 0 Å². The van der Waals surface area contributed by atoms with Gasteiger partial charge in [-0.15, -0.1) is 11.3 Å². The van der Waals surface area contributed by atoms with Gasteiger partial charge in [0.15, 0.2) is 0 Å². The van der Waals surface area contributed by atoms with E-state index in [1.165, 1.54) is 16.2 Å². The lowest BCUT2D eigenvalue weighted by Gasteiger charge is -2.19. The molecular formula is C15H25NO2S. The van der Waals surface area contributed by atoms with E-state index in [0.717, 1.165) is 26.2 Å². The highest BCUT2D eigenvalue weighted by Crippen LogP contribution is 2.19. The van der Waals surface area contributed by atoms with Gasteiger partial charge in [0.2, 0.25) is 0 Å². The molecule has 2 rings (SSSR count). The Hall–Kier alpha value is -0.420. The molecule has 0 bridgehead atoms. The molecule has 3 nitrogen and oxygen atoms in total. The van der Waals surface area contributed by atoms with Crippen LogP contribution >= 0.6 is 11.3 Å². The molecule has 0 aromatic carbocycles. The van der Waals surface area contributed by atoms with Gasteiger partial charge in [-0.25, -0.2) is 0 Å². The highest BCUT2D eigenvalue weighted by molar-refractivity contribution is 7.11. The minimum atomic E-state index is 0.167. The first-order valence-corrected chi connectivity index (χ1v) is 7.86. The molecule has 1 saturated heterocycles. The van der Waals surface area contributed by atoms with Gasteiger partial charge in [0, 0.05) is 28.4 Å². The molecule has 0 radical (unpaired) electrons. The second kappa shape index (κ2) is 6.84. The van der Waals surface area contributed by atoms with E-state index < -0.39 is 0 Å². The Morgan fingerprint density at radius 3 is 2.84 bits per heavy atom. The molecule has 108 valence electrons. The summed E-state index contributed by atoms with van der Waals surface area (Å²) in [5, 5.41) is 3.50. The molecule has 1 aromatic rings. The fourth-order valence-corrected chi connectivity index (χ4v) is 2.91. The maximum Gasteiger partial charge on any atom is 0.0810 e. The summed E-state index contributed by atoms with van der Waals surface area (Å²) in [5.41, 5.74) is 0.167. The molecule has 1 fully saturated rings. The molecule has 0 saturated carbocycles. The van der Waals surface area contributed by atoms with Gasteiger partial charge in [-0.1, -0.05) is 0 Å². The molecule has 1 aliphatic heterocycles. The van der Waals surface area contributed by atoms with Crippen LogP contribution in [-0.2, 0) is 22.6 Å². The van der Waals surface area contributed by atoms with Crippen LogP contribution in [0.3, 0.4) is 0 Å². The van der Waals surface area contributed by atoms with Crippen LogP contribution in [0.15, 0.2) is 12.1 Å². The smallest absolute Gasteiger partial charge is 0.0810 e. The van der Waals surface area contributed by atoms with Crippen molar-refractivity contribution in [3.05, 3.63) is 21.9 Å². The van der Waals surface area contributed by atoms with E-state index in [-0.39, 0.29) is 5.54 Å². The zero-order chi connectivity index (χ0) is 13.7. The van der Waals surface area contributed by atoms with Gasteiger partial charge < -0.3 is 14.8 Å². The van der Waals surface area contributed by atoms with Crippen LogP contribution in [0.4, 0.5) is 0 Å². The molecule has 4 heteroatoms. The molecule has 1 unspecified atom stereocenters. The topological polar surface area (TPSA) is 30.5 Å². The standard InChI is InChI=1S/C15H25NO2S/c1-15(2,3)16-9-13-6-7-14(19-13)11-17-10-12-5-4-8-18-12/h6-7,12,16H,4-5,8-11H2,1-3H3. The largest absolute Gasteiger partial charge is 0.376 e. The first kappa shape index (κ1) is 15.0. The molecule has 1 aliphatic rings. The summed E-state index contributed by atoms with van der Waals surface area (Å²) in [5.74, 6) is 0. The van der Waals surface area contributed by atoms with Crippen molar-refractivity contribution < 1.29 is 9.47 Å². The Kier molecular flexibility index (Phi) is 5.39. The summed E-state index contributed by atoms with van der Waals surface area (Å²) in [6.07, 6.45) is 2.64. The van der Waals surface area contributed by atoms with Crippen molar-refractivity contribution in [3.63, 3.8) is 0 Å². The third-order valence-electron chi connectivity index (χ3n) is 3.08. The van der Waals surface area contributed by atoms with Gasteiger partial charge in [-0.2, -0.15) is 0 Å². The summed E-state index contributed by atoms with van der Waals surface area (Å²) in [4.78, 5) is 2.66. The molecule has 1 aromatic heterocycles. The van der Waals surface area contributed by atoms with Crippen LogP contribution < -0.4 is 5.32 Å². The molecule has 0 spiro atoms. The van der Waals surface area contributed by atoms with Gasteiger partial charge in [-0.05, 0) is 45.7 Å². The van der Waals surface area contributed by atoms with Crippen LogP contribution in [0.1, 0.15) is 43.4 Å². The second-order valence-corrected chi connectivity index (χ2v) is 7.37. The van der Waals surface area contributed by atoms with Crippen LogP contribution in [0.5, 0.6) is 0 Å². The van der Waals surface area contributed by atoms with Crippen molar-refractivity contribution in [2.45, 2.75) is 58.4 Å². The van der Waals surface area contributed by atoms with Crippen molar-refractivity contribution in [1.82, 2.24) is 5.32 Å². The second-order valence-electron chi connectivity index (χ2n) is 6.12. The van der Waals surface area contributed by atoms with Crippen molar-refractivity contribution in [1.29, 1.82) is 0 Å². The fourth-order valence-electron chi connectivity index (χ4n) is 2.01. The number of rotatable bonds is 6. The van der Waals surface area contributed by atoms with E-state index in [4.69, 9.17) is 9.47 Å². The van der Waals surface area contributed by atoms with Crippen molar-refractivity contribution >= 4 is 11.3 Å². The maximum atomic E-state index is 5.73. The van der Waals surface area contributed by atoms with E-state index in [1.807, 2.05) is 11.3 Å². The van der Waals surface area contributed by atoms with Crippen molar-refractivity contribution in [2.75, 3.05) is 13.2 Å². The molecule has 1 atom stereocenters. The summed E-state index contributed by atoms with van der Waals surface area (Å²) in [6, 6.07) is 4.36. The number of hydrogen-bond acceptors (Lipinski definition) is 4. The molecule has 0 aliphatic carbocycles. The van der Waals surface area contributed by atoms with Gasteiger partial charge in [-0.3, -0.25) is 0 Å². The normalized spacial score (nSPS) is 20.1. The van der Waals surface area contributed by atoms with Crippen molar-refractivity contribution in [3.8, 4) is 0 Å². The fraction of sp³-hybridized carbons (Fsp3) is 0.733. The summed E-state index contributed by atoms with van der Waals surface area (Å²) >= 11 is 1.83. The number of hydrogen-bond donors (Lipinski definition) is 1. The van der Waals surface area contributed by atoms with Gasteiger partial charge in [0.25, 0.3) is 0 Å². The first-order valence-electron chi connectivity index (χ1n) is 7.05. The average Bonchev–Trinajstić information content (AvgIpc) is 2.97. The minimum absolute atomic E-state index is 0.167. The predicted octanol–water partition coefficient (Wildman–Crippen LogP) is 3.33. The van der Waals surface area contributed by atoms with Crippen LogP contribution in [0.25, 0.3) is 0 Å². The maximum absolute atomic E-state index is 5.73. The summed E-state index contributed by atoms with van der Waals surface area (Å²) in [6.45, 7) is 9.83. The Labute approximate surface area is 120 Å². The van der Waals surface area contributed by atoms with Gasteiger partial charge >= 0.3 is 0 Å². The van der Waals surface area contributed by atoms with E-state index in [0.29, 0.717) is 12.7 Å². The molecule has 2 heterocycles. The first-order chi connectivity index (χ1) is 9.03. The Morgan fingerprint density at radius 1 is 1.37 bits per heavy atom. The monoisotopic (exact) mass is 283 g/mol.